The first-order valence-corrected chi connectivity index (χ1v) is 5.16. The molecule has 1 atom stereocenters. The molecular weight excluding hydrogens is 164 g/mol. The lowest BCUT2D eigenvalue weighted by molar-refractivity contribution is -0.126. The zero-order valence-corrected chi connectivity index (χ0v) is 8.60. The van der Waals surface area contributed by atoms with Crippen LogP contribution in [0.1, 0.15) is 39.5 Å². The highest BCUT2D eigenvalue weighted by Gasteiger charge is 2.43. The monoisotopic (exact) mass is 184 g/mol. The number of hydrogen-bond donors (Lipinski definition) is 2. The fraction of sp³-hybridized carbons (Fsp3) is 0.900. The van der Waals surface area contributed by atoms with Crippen LogP contribution in [-0.4, -0.2) is 18.0 Å². The summed E-state index contributed by atoms with van der Waals surface area (Å²) < 4.78 is 0. The molecule has 1 amide bonds. The van der Waals surface area contributed by atoms with E-state index in [0.717, 1.165) is 32.2 Å². The van der Waals surface area contributed by atoms with Gasteiger partial charge in [0, 0.05) is 6.54 Å². The van der Waals surface area contributed by atoms with E-state index in [1.807, 2.05) is 6.92 Å². The third kappa shape index (κ3) is 2.69. The van der Waals surface area contributed by atoms with E-state index in [1.54, 1.807) is 0 Å². The van der Waals surface area contributed by atoms with Gasteiger partial charge in [0.2, 0.25) is 5.91 Å². The van der Waals surface area contributed by atoms with Crippen molar-refractivity contribution in [2.75, 3.05) is 6.54 Å². The smallest absolute Gasteiger partial charge is 0.240 e. The summed E-state index contributed by atoms with van der Waals surface area (Å²) in [7, 11) is 0. The number of nitrogens with one attached hydrogen (secondary N) is 1. The summed E-state index contributed by atoms with van der Waals surface area (Å²) in [5.41, 5.74) is 5.30. The molecule has 1 rings (SSSR count). The number of rotatable bonds is 5. The molecule has 0 heterocycles. The van der Waals surface area contributed by atoms with Crippen molar-refractivity contribution >= 4 is 5.91 Å². The first-order chi connectivity index (χ1) is 6.09. The molecule has 76 valence electrons. The Bertz CT molecular complexity index is 185. The summed E-state index contributed by atoms with van der Waals surface area (Å²) in [6.45, 7) is 4.70. The van der Waals surface area contributed by atoms with Crippen molar-refractivity contribution in [1.29, 1.82) is 0 Å². The van der Waals surface area contributed by atoms with E-state index >= 15 is 0 Å². The van der Waals surface area contributed by atoms with Gasteiger partial charge in [0.15, 0.2) is 0 Å². The molecule has 3 heteroatoms. The molecule has 1 aliphatic carbocycles. The van der Waals surface area contributed by atoms with Crippen LogP contribution >= 0.6 is 0 Å². The summed E-state index contributed by atoms with van der Waals surface area (Å²) in [4.78, 5) is 11.6. The predicted octanol–water partition coefficient (Wildman–Crippen LogP) is 1.03. The molecular formula is C10H20N2O. The van der Waals surface area contributed by atoms with Gasteiger partial charge in [-0.25, -0.2) is 0 Å². The molecule has 0 aliphatic heterocycles. The van der Waals surface area contributed by atoms with Crippen LogP contribution in [0.25, 0.3) is 0 Å². The Labute approximate surface area is 80.1 Å². The van der Waals surface area contributed by atoms with Crippen molar-refractivity contribution in [2.24, 2.45) is 11.7 Å². The van der Waals surface area contributed by atoms with E-state index in [-0.39, 0.29) is 5.91 Å². The number of carbonyl (C=O) groups excluding carboxylic acids is 1. The number of unbranched alkanes of at least 4 members (excludes halogenated alkanes) is 1. The minimum absolute atomic E-state index is 0.0171. The normalized spacial score (nSPS) is 20.8. The Morgan fingerprint density at radius 1 is 1.62 bits per heavy atom. The van der Waals surface area contributed by atoms with Crippen molar-refractivity contribution in [2.45, 2.75) is 45.1 Å². The highest BCUT2D eigenvalue weighted by Crippen LogP contribution is 2.37. The third-order valence-corrected chi connectivity index (χ3v) is 2.73. The van der Waals surface area contributed by atoms with Crippen LogP contribution in [0.3, 0.4) is 0 Å². The number of carbonyl (C=O) groups is 1. The van der Waals surface area contributed by atoms with E-state index in [4.69, 9.17) is 5.73 Å². The van der Waals surface area contributed by atoms with Crippen molar-refractivity contribution in [3.8, 4) is 0 Å². The molecule has 0 aromatic heterocycles. The van der Waals surface area contributed by atoms with E-state index in [1.165, 1.54) is 0 Å². The van der Waals surface area contributed by atoms with Gasteiger partial charge < -0.3 is 11.1 Å². The Kier molecular flexibility index (Phi) is 3.31. The van der Waals surface area contributed by atoms with Crippen LogP contribution < -0.4 is 11.1 Å². The highest BCUT2D eigenvalue weighted by atomic mass is 16.2. The van der Waals surface area contributed by atoms with Gasteiger partial charge in [-0.05, 0) is 32.1 Å². The number of hydrogen-bond acceptors (Lipinski definition) is 2. The largest absolute Gasteiger partial charge is 0.355 e. The van der Waals surface area contributed by atoms with Crippen LogP contribution in [0, 0.1) is 5.92 Å². The maximum Gasteiger partial charge on any atom is 0.240 e. The minimum atomic E-state index is -0.631. The van der Waals surface area contributed by atoms with Crippen LogP contribution in [0.2, 0.25) is 0 Å². The van der Waals surface area contributed by atoms with Gasteiger partial charge in [-0.3, -0.25) is 4.79 Å². The molecule has 1 unspecified atom stereocenters. The van der Waals surface area contributed by atoms with Gasteiger partial charge >= 0.3 is 0 Å². The second-order valence-corrected chi connectivity index (χ2v) is 4.17. The fourth-order valence-electron chi connectivity index (χ4n) is 1.44. The van der Waals surface area contributed by atoms with Gasteiger partial charge in [0.25, 0.3) is 0 Å². The van der Waals surface area contributed by atoms with Crippen LogP contribution in [0.5, 0.6) is 0 Å². The van der Waals surface area contributed by atoms with E-state index in [0.29, 0.717) is 5.92 Å². The molecule has 13 heavy (non-hydrogen) atoms. The molecule has 0 saturated heterocycles. The first-order valence-electron chi connectivity index (χ1n) is 5.16. The lowest BCUT2D eigenvalue weighted by atomic mass is 9.96. The summed E-state index contributed by atoms with van der Waals surface area (Å²) in [5, 5.41) is 2.88. The molecule has 3 nitrogen and oxygen atoms in total. The standard InChI is InChI=1S/C10H20N2O/c1-3-4-7-12-9(13)10(2,11)8-5-6-8/h8H,3-7,11H2,1-2H3,(H,12,13). The van der Waals surface area contributed by atoms with Gasteiger partial charge in [-0.1, -0.05) is 13.3 Å². The third-order valence-electron chi connectivity index (χ3n) is 2.73. The zero-order chi connectivity index (χ0) is 9.90. The number of amides is 1. The SMILES string of the molecule is CCCCNC(=O)C(C)(N)C1CC1. The molecule has 3 N–H and O–H groups in total. The minimum Gasteiger partial charge on any atom is -0.355 e. The molecule has 0 aromatic rings. The summed E-state index contributed by atoms with van der Waals surface area (Å²) >= 11 is 0. The quantitative estimate of drug-likeness (QED) is 0.627. The fourth-order valence-corrected chi connectivity index (χ4v) is 1.44. The van der Waals surface area contributed by atoms with Crippen LogP contribution in [0.15, 0.2) is 0 Å². The van der Waals surface area contributed by atoms with Crippen molar-refractivity contribution in [3.63, 3.8) is 0 Å². The summed E-state index contributed by atoms with van der Waals surface area (Å²) in [6, 6.07) is 0. The summed E-state index contributed by atoms with van der Waals surface area (Å²) in [6.07, 6.45) is 4.35. The topological polar surface area (TPSA) is 55.1 Å². The summed E-state index contributed by atoms with van der Waals surface area (Å²) in [5.74, 6) is 0.428. The molecule has 1 fully saturated rings. The molecule has 0 bridgehead atoms. The molecule has 0 aromatic carbocycles. The molecule has 1 saturated carbocycles. The predicted molar refractivity (Wildman–Crippen MR) is 53.2 cm³/mol. The van der Waals surface area contributed by atoms with Gasteiger partial charge in [-0.2, -0.15) is 0 Å². The zero-order valence-electron chi connectivity index (χ0n) is 8.60. The van der Waals surface area contributed by atoms with Crippen LogP contribution in [0.4, 0.5) is 0 Å². The van der Waals surface area contributed by atoms with Crippen molar-refractivity contribution in [1.82, 2.24) is 5.32 Å². The Balaban J connectivity index is 2.28. The Morgan fingerprint density at radius 2 is 2.23 bits per heavy atom. The second kappa shape index (κ2) is 4.09. The van der Waals surface area contributed by atoms with Gasteiger partial charge in [-0.15, -0.1) is 0 Å². The van der Waals surface area contributed by atoms with E-state index in [9.17, 15) is 4.79 Å². The van der Waals surface area contributed by atoms with Crippen molar-refractivity contribution in [3.05, 3.63) is 0 Å². The molecule has 1 aliphatic rings. The van der Waals surface area contributed by atoms with E-state index in [2.05, 4.69) is 12.2 Å². The van der Waals surface area contributed by atoms with Crippen molar-refractivity contribution < 1.29 is 4.79 Å². The van der Waals surface area contributed by atoms with E-state index < -0.39 is 5.54 Å². The highest BCUT2D eigenvalue weighted by molar-refractivity contribution is 5.86. The second-order valence-electron chi connectivity index (χ2n) is 4.17. The van der Waals surface area contributed by atoms with Crippen LogP contribution in [-0.2, 0) is 4.79 Å². The maximum absolute atomic E-state index is 11.6. The Hall–Kier alpha value is -0.570. The molecule has 0 radical (unpaired) electrons. The first kappa shape index (κ1) is 10.5. The van der Waals surface area contributed by atoms with Gasteiger partial charge in [0.05, 0.1) is 5.54 Å². The lowest BCUT2D eigenvalue weighted by Crippen LogP contribution is -2.53. The Morgan fingerprint density at radius 3 is 2.69 bits per heavy atom. The maximum atomic E-state index is 11.6. The lowest BCUT2D eigenvalue weighted by Gasteiger charge is -2.22. The average molecular weight is 184 g/mol. The average Bonchev–Trinajstić information content (AvgIpc) is 2.86. The number of nitrogens with two attached hydrogens (primary N) is 1. The van der Waals surface area contributed by atoms with Gasteiger partial charge in [0.1, 0.15) is 0 Å². The molecule has 0 spiro atoms.